The molecule has 660 valence electrons. The number of aromatic amines is 1. The van der Waals surface area contributed by atoms with Crippen molar-refractivity contribution in [3.8, 4) is 101 Å². The van der Waals surface area contributed by atoms with Crippen LogP contribution in [0.4, 0.5) is 0 Å². The molecule has 0 aliphatic rings. The second-order valence-electron chi connectivity index (χ2n) is 32.4. The Morgan fingerprint density at radius 2 is 0.556 bits per heavy atom. The zero-order valence-electron chi connectivity index (χ0n) is 74.9. The van der Waals surface area contributed by atoms with Crippen molar-refractivity contribution in [1.29, 1.82) is 0 Å². The number of furan rings is 2. The predicted octanol–water partition coefficient (Wildman–Crippen LogP) is 23.7. The fourth-order valence-electron chi connectivity index (χ4n) is 15.9. The van der Waals surface area contributed by atoms with Crippen LogP contribution in [0.3, 0.4) is 0 Å². The van der Waals surface area contributed by atoms with Gasteiger partial charge in [0.25, 0.3) is 0 Å². The van der Waals surface area contributed by atoms with Crippen LogP contribution in [0.2, 0.25) is 0 Å². The highest BCUT2D eigenvalue weighted by Crippen LogP contribution is 2.34. The summed E-state index contributed by atoms with van der Waals surface area (Å²) in [7, 11) is 6.61. The summed E-state index contributed by atoms with van der Waals surface area (Å²) in [5.74, 6) is -0.693. The van der Waals surface area contributed by atoms with Crippen molar-refractivity contribution in [1.82, 2.24) is 92.0 Å². The number of rotatable bonds is 14. The van der Waals surface area contributed by atoms with Crippen LogP contribution in [0.5, 0.6) is 0 Å². The number of aromatic nitrogens is 19. The van der Waals surface area contributed by atoms with Crippen LogP contribution in [-0.2, 0) is 23.6 Å². The molecule has 0 aliphatic heterocycles. The summed E-state index contributed by atoms with van der Waals surface area (Å²) in [6, 6.07) is 93.6. The average molecular weight is 1770 g/mol. The van der Waals surface area contributed by atoms with Gasteiger partial charge in [-0.15, -0.1) is 0 Å². The highest BCUT2D eigenvalue weighted by Gasteiger charge is 2.17. The van der Waals surface area contributed by atoms with Gasteiger partial charge in [0.2, 0.25) is 0 Å². The van der Waals surface area contributed by atoms with Gasteiger partial charge in [-0.25, -0.2) is 39.5 Å². The van der Waals surface area contributed by atoms with Gasteiger partial charge in [0, 0.05) is 107 Å². The van der Waals surface area contributed by atoms with Gasteiger partial charge in [0.15, 0.2) is 0 Å². The second-order valence-corrected chi connectivity index (χ2v) is 32.4. The molecule has 24 aromatic rings. The van der Waals surface area contributed by atoms with E-state index < -0.39 is 0 Å². The van der Waals surface area contributed by atoms with E-state index in [0.717, 1.165) is 167 Å². The van der Waals surface area contributed by atoms with Gasteiger partial charge in [-0.1, -0.05) is 107 Å². The molecule has 0 radical (unpaired) electrons. The number of H-pyrrole nitrogens is 1. The Balaban J connectivity index is 0.000000104. The third-order valence-electron chi connectivity index (χ3n) is 23.3. The van der Waals surface area contributed by atoms with E-state index >= 15 is 0 Å². The van der Waals surface area contributed by atoms with Crippen molar-refractivity contribution in [3.05, 3.63) is 425 Å². The van der Waals surface area contributed by atoms with Crippen molar-refractivity contribution in [2.45, 2.75) is 27.7 Å². The SMILES string of the molecule is COC(=O)c1ccc(-n2cnc3ccc(-c4ccncc4)cc32)cc1.COC(=O)c1ccc(-n2cnc3ccc(-c4ccoc4)cc32)cc1.Cc1ccc(-n2cnc3ccc(-c4ccoc4)cc32)cc1.Cc1ccc(-n2cnc3ccc(-c4cn[nH]c4)cc32)cc1.Cc1ccc(-n2cnc3ccc(-c4cnn(C)c4)cc32)cc1.Cc1ccc(-n2cnc3ccc(-c4cnn(C)c4)cc32)cc1. The number of hydrogen-bond donors (Lipinski definition) is 1. The molecule has 25 heteroatoms. The maximum absolute atomic E-state index is 11.6. The summed E-state index contributed by atoms with van der Waals surface area (Å²) in [5, 5.41) is 15.3. The van der Waals surface area contributed by atoms with E-state index in [-0.39, 0.29) is 11.9 Å². The first-order valence-corrected chi connectivity index (χ1v) is 43.5. The molecule has 12 heterocycles. The molecule has 0 saturated heterocycles. The van der Waals surface area contributed by atoms with Crippen molar-refractivity contribution < 1.29 is 27.9 Å². The Morgan fingerprint density at radius 3 is 0.800 bits per heavy atom. The van der Waals surface area contributed by atoms with Gasteiger partial charge < -0.3 is 18.3 Å². The Morgan fingerprint density at radius 1 is 0.289 bits per heavy atom. The third kappa shape index (κ3) is 19.0. The summed E-state index contributed by atoms with van der Waals surface area (Å²) < 4.78 is 35.9. The number of benzene rings is 12. The molecule has 0 fully saturated rings. The van der Waals surface area contributed by atoms with Crippen molar-refractivity contribution >= 4 is 78.1 Å². The highest BCUT2D eigenvalue weighted by molar-refractivity contribution is 5.92. The van der Waals surface area contributed by atoms with E-state index in [1.54, 1.807) is 74.4 Å². The van der Waals surface area contributed by atoms with Crippen molar-refractivity contribution in [2.24, 2.45) is 14.1 Å². The number of imidazole rings is 6. The number of ether oxygens (including phenoxy) is 2. The first-order valence-electron chi connectivity index (χ1n) is 43.5. The number of aryl methyl sites for hydroxylation is 6. The standard InChI is InChI=1S/C20H15N3O2.C19H14N2O3.2C18H16N4.C18H14N2O.C17H14N4/c1-25-20(24)15-2-5-17(6-3-15)23-13-22-18-7-4-16(12-19(18)23)14-8-10-21-11-9-14;1-23-19(22)13-2-5-16(6-3-13)21-12-20-17-7-4-14(10-18(17)21)15-8-9-24-11-15;2*1-13-3-6-16(7-4-13)22-12-19-17-8-5-14(9-18(17)22)15-10-20-21(2)11-15;1-13-2-5-16(6-3-13)20-12-19-17-7-4-14(10-18(17)20)15-8-9-21-11-15;1-12-2-5-15(6-3-12)21-11-18-16-7-4-13(8-17(16)21)14-9-19-20-10-14/h2-13H,1H3;2-12H,1H3;2*3-12H,1-2H3;2-12H,1H3;2-11H,1H3,(H,19,20). The Bertz CT molecular complexity index is 7890. The first kappa shape index (κ1) is 86.1. The van der Waals surface area contributed by atoms with Crippen LogP contribution in [-0.4, -0.2) is 118 Å². The normalized spacial score (nSPS) is 11.0. The topological polar surface area (TPSA) is 263 Å². The lowest BCUT2D eigenvalue weighted by Gasteiger charge is -2.07. The number of nitrogens with zero attached hydrogens (tertiary/aromatic N) is 18. The van der Waals surface area contributed by atoms with Crippen molar-refractivity contribution in [2.75, 3.05) is 14.2 Å². The number of fused-ring (bicyclic) bond motifs is 6. The lowest BCUT2D eigenvalue weighted by atomic mass is 10.1. The number of nitrogens with one attached hydrogen (secondary N) is 1. The molecule has 12 aromatic heterocycles. The fourth-order valence-corrected chi connectivity index (χ4v) is 15.9. The number of hydrogen-bond acceptors (Lipinski definition) is 16. The van der Waals surface area contributed by atoms with E-state index in [4.69, 9.17) is 18.3 Å². The predicted molar refractivity (Wildman–Crippen MR) is 529 cm³/mol. The Hall–Kier alpha value is -18.3. The van der Waals surface area contributed by atoms with Gasteiger partial charge in [-0.05, 0) is 261 Å². The molecule has 0 atom stereocenters. The molecule has 0 unspecified atom stereocenters. The Labute approximate surface area is 775 Å². The largest absolute Gasteiger partial charge is 0.472 e. The minimum absolute atomic E-state index is 0.345. The molecule has 0 spiro atoms. The van der Waals surface area contributed by atoms with Crippen LogP contribution in [0, 0.1) is 27.7 Å². The van der Waals surface area contributed by atoms with E-state index in [1.807, 2.05) is 174 Å². The molecule has 12 aromatic carbocycles. The molecular weight excluding hydrogens is 1680 g/mol. The zero-order chi connectivity index (χ0) is 92.4. The maximum Gasteiger partial charge on any atom is 0.337 e. The lowest BCUT2D eigenvalue weighted by Crippen LogP contribution is -2.01. The zero-order valence-corrected chi connectivity index (χ0v) is 74.9. The second kappa shape index (κ2) is 38.6. The lowest BCUT2D eigenvalue weighted by molar-refractivity contribution is 0.0592. The quantitative estimate of drug-likeness (QED) is 0.0992. The van der Waals surface area contributed by atoms with Gasteiger partial charge in [-0.2, -0.15) is 15.3 Å². The number of carbonyl (C=O) groups excluding carboxylic acids is 2. The van der Waals surface area contributed by atoms with Crippen molar-refractivity contribution in [3.63, 3.8) is 0 Å². The molecule has 1 N–H and O–H groups in total. The molecule has 0 saturated carbocycles. The summed E-state index contributed by atoms with van der Waals surface area (Å²) in [6.45, 7) is 8.37. The summed E-state index contributed by atoms with van der Waals surface area (Å²) >= 11 is 0. The molecular formula is C110H89N19O6. The smallest absolute Gasteiger partial charge is 0.337 e. The minimum Gasteiger partial charge on any atom is -0.472 e. The fraction of sp³-hybridized carbons (Fsp3) is 0.0727. The Kier molecular flexibility index (Phi) is 24.6. The number of esters is 2. The molecule has 24 rings (SSSR count). The molecule has 135 heavy (non-hydrogen) atoms. The van der Waals surface area contributed by atoms with Crippen LogP contribution in [0.25, 0.3) is 167 Å². The van der Waals surface area contributed by atoms with Gasteiger partial charge in [0.05, 0.1) is 135 Å². The first-order chi connectivity index (χ1) is 66.0. The monoisotopic (exact) mass is 1770 g/mol. The molecule has 25 nitrogen and oxygen atoms in total. The number of carbonyl (C=O) groups is 2. The molecule has 0 amide bonds. The third-order valence-corrected chi connectivity index (χ3v) is 23.3. The molecule has 0 bridgehead atoms. The summed E-state index contributed by atoms with van der Waals surface area (Å²) in [5.41, 5.74) is 37.8. The van der Waals surface area contributed by atoms with Crippen LogP contribution in [0.15, 0.2) is 400 Å². The highest BCUT2D eigenvalue weighted by atomic mass is 16.5. The van der Waals surface area contributed by atoms with Gasteiger partial charge in [-0.3, -0.25) is 46.8 Å². The van der Waals surface area contributed by atoms with E-state index in [2.05, 4.69) is 277 Å². The summed E-state index contributed by atoms with van der Waals surface area (Å²) in [4.78, 5) is 54.1. The van der Waals surface area contributed by atoms with E-state index in [9.17, 15) is 9.59 Å². The van der Waals surface area contributed by atoms with Gasteiger partial charge >= 0.3 is 11.9 Å². The van der Waals surface area contributed by atoms with E-state index in [1.165, 1.54) is 36.5 Å². The van der Waals surface area contributed by atoms with Crippen LogP contribution < -0.4 is 0 Å². The summed E-state index contributed by atoms with van der Waals surface area (Å²) in [6.07, 6.45) is 33.0. The van der Waals surface area contributed by atoms with Crippen LogP contribution in [0.1, 0.15) is 43.0 Å². The number of pyridine rings is 1. The van der Waals surface area contributed by atoms with Gasteiger partial charge in [0.1, 0.15) is 38.0 Å². The average Bonchev–Trinajstić information content (AvgIpc) is 1.68. The number of methoxy groups -OCH3 is 2. The molecule has 0 aliphatic carbocycles. The maximum atomic E-state index is 11.6. The minimum atomic E-state index is -0.348. The van der Waals surface area contributed by atoms with Crippen LogP contribution >= 0.6 is 0 Å². The van der Waals surface area contributed by atoms with E-state index in [0.29, 0.717) is 11.1 Å².